The van der Waals surface area contributed by atoms with Crippen LogP contribution in [0.2, 0.25) is 5.02 Å². The van der Waals surface area contributed by atoms with Crippen molar-refractivity contribution in [2.45, 2.75) is 15.3 Å². The van der Waals surface area contributed by atoms with Crippen LogP contribution in [0.1, 0.15) is 16.4 Å². The Morgan fingerprint density at radius 1 is 1.11 bits per heavy atom. The third-order valence-electron chi connectivity index (χ3n) is 4.91. The lowest BCUT2D eigenvalue weighted by atomic mass is 10.1. The van der Waals surface area contributed by atoms with Crippen molar-refractivity contribution < 1.29 is 13.3 Å². The van der Waals surface area contributed by atoms with Gasteiger partial charge in [-0.1, -0.05) is 65.8 Å². The van der Waals surface area contributed by atoms with Crippen LogP contribution in [-0.4, -0.2) is 41.0 Å². The largest absolute Gasteiger partial charge is 0.270 e. The summed E-state index contributed by atoms with van der Waals surface area (Å²) in [6.45, 7) is 0.0705. The second-order valence-corrected chi connectivity index (χ2v) is 10.8. The molecule has 36 heavy (non-hydrogen) atoms. The van der Waals surface area contributed by atoms with Crippen molar-refractivity contribution in [1.82, 2.24) is 19.6 Å². The lowest BCUT2D eigenvalue weighted by Gasteiger charge is -2.17. The van der Waals surface area contributed by atoms with E-state index in [1.807, 2.05) is 30.3 Å². The Kier molecular flexibility index (Phi) is 8.10. The molecule has 1 aromatic heterocycles. The third kappa shape index (κ3) is 6.55. The molecule has 0 unspecified atom stereocenters. The van der Waals surface area contributed by atoms with Gasteiger partial charge < -0.3 is 0 Å². The van der Waals surface area contributed by atoms with E-state index in [0.717, 1.165) is 5.56 Å². The number of nitrogens with one attached hydrogen (secondary N) is 1. The molecule has 0 saturated carbocycles. The highest BCUT2D eigenvalue weighted by atomic mass is 35.5. The summed E-state index contributed by atoms with van der Waals surface area (Å²) in [6.07, 6.45) is 2.86. The van der Waals surface area contributed by atoms with Crippen molar-refractivity contribution in [2.24, 2.45) is 5.10 Å². The zero-order chi connectivity index (χ0) is 25.5. The summed E-state index contributed by atoms with van der Waals surface area (Å²) in [5.41, 5.74) is 1.36. The minimum absolute atomic E-state index is 0.0468. The number of non-ortho nitro benzene ring substituents is 1. The molecular formula is C23H19ClN6O4S2. The highest BCUT2D eigenvalue weighted by molar-refractivity contribution is 7.99. The standard InChI is InChI=1S/C23H19ClN6O4S2/c24-19-9-11-21(12-10-19)36(33,34)27-15-22(18-6-2-1-3-7-18)35-23-28-25-16-29(23)26-14-17-5-4-8-20(13-17)30(31)32/h1-14,16,22,27H,15H2/b26-14-/t22-/m0/s1. The van der Waals surface area contributed by atoms with Crippen LogP contribution in [0.15, 0.2) is 100 Å². The molecule has 1 atom stereocenters. The summed E-state index contributed by atoms with van der Waals surface area (Å²) < 4.78 is 29.7. The van der Waals surface area contributed by atoms with Gasteiger partial charge in [-0.25, -0.2) is 13.1 Å². The SMILES string of the molecule is O=[N+]([O-])c1cccc(/C=N\n2cnnc2S[C@@H](CNS(=O)(=O)c2ccc(Cl)cc2)c2ccccc2)c1. The van der Waals surface area contributed by atoms with Gasteiger partial charge in [0.05, 0.1) is 21.3 Å². The molecule has 0 aliphatic heterocycles. The maximum Gasteiger partial charge on any atom is 0.270 e. The first-order valence-corrected chi connectivity index (χ1v) is 13.2. The summed E-state index contributed by atoms with van der Waals surface area (Å²) in [4.78, 5) is 10.6. The topological polar surface area (TPSA) is 132 Å². The van der Waals surface area contributed by atoms with E-state index in [1.165, 1.54) is 65.4 Å². The molecule has 1 N–H and O–H groups in total. The molecule has 0 spiro atoms. The smallest absolute Gasteiger partial charge is 0.258 e. The summed E-state index contributed by atoms with van der Waals surface area (Å²) >= 11 is 7.15. The van der Waals surface area contributed by atoms with Crippen LogP contribution in [-0.2, 0) is 10.0 Å². The van der Waals surface area contributed by atoms with Crippen LogP contribution in [0.3, 0.4) is 0 Å². The highest BCUT2D eigenvalue weighted by Crippen LogP contribution is 2.34. The van der Waals surface area contributed by atoms with Gasteiger partial charge in [-0.2, -0.15) is 9.78 Å². The van der Waals surface area contributed by atoms with E-state index >= 15 is 0 Å². The summed E-state index contributed by atoms with van der Waals surface area (Å²) in [7, 11) is -3.78. The zero-order valence-corrected chi connectivity index (χ0v) is 20.9. The fourth-order valence-corrected chi connectivity index (χ4v) is 5.42. The number of sulfonamides is 1. The normalized spacial score (nSPS) is 12.6. The first kappa shape index (κ1) is 25.5. The molecule has 4 rings (SSSR count). The molecule has 1 heterocycles. The van der Waals surface area contributed by atoms with Crippen LogP contribution < -0.4 is 4.72 Å². The molecule has 0 saturated heterocycles. The number of nitrogens with zero attached hydrogens (tertiary/aromatic N) is 5. The molecule has 184 valence electrons. The first-order valence-electron chi connectivity index (χ1n) is 10.5. The van der Waals surface area contributed by atoms with Gasteiger partial charge in [0.2, 0.25) is 15.2 Å². The lowest BCUT2D eigenvalue weighted by molar-refractivity contribution is -0.384. The minimum atomic E-state index is -3.78. The van der Waals surface area contributed by atoms with Crippen molar-refractivity contribution in [3.05, 3.63) is 111 Å². The molecule has 0 radical (unpaired) electrons. The monoisotopic (exact) mass is 542 g/mol. The molecule has 0 fully saturated rings. The second-order valence-electron chi connectivity index (χ2n) is 7.38. The number of nitro groups is 1. The number of benzene rings is 3. The lowest BCUT2D eigenvalue weighted by Crippen LogP contribution is -2.27. The average Bonchev–Trinajstić information content (AvgIpc) is 3.33. The van der Waals surface area contributed by atoms with Gasteiger partial charge in [0, 0.05) is 29.3 Å². The van der Waals surface area contributed by atoms with Gasteiger partial charge in [-0.3, -0.25) is 10.1 Å². The predicted molar refractivity (Wildman–Crippen MR) is 138 cm³/mol. The fraction of sp³-hybridized carbons (Fsp3) is 0.0870. The summed E-state index contributed by atoms with van der Waals surface area (Å²) in [5, 5.41) is 23.9. The van der Waals surface area contributed by atoms with Crippen LogP contribution >= 0.6 is 23.4 Å². The van der Waals surface area contributed by atoms with Crippen molar-refractivity contribution in [2.75, 3.05) is 6.54 Å². The summed E-state index contributed by atoms with van der Waals surface area (Å²) in [6, 6.07) is 21.3. The highest BCUT2D eigenvalue weighted by Gasteiger charge is 2.21. The Hall–Kier alpha value is -3.58. The Bertz CT molecular complexity index is 1480. The van der Waals surface area contributed by atoms with Gasteiger partial charge >= 0.3 is 0 Å². The number of aromatic nitrogens is 3. The number of nitro benzene ring substituents is 1. The fourth-order valence-electron chi connectivity index (χ4n) is 3.13. The Morgan fingerprint density at radius 3 is 2.58 bits per heavy atom. The molecule has 0 amide bonds. The molecule has 0 aliphatic rings. The van der Waals surface area contributed by atoms with Crippen molar-refractivity contribution in [1.29, 1.82) is 0 Å². The number of hydrogen-bond donors (Lipinski definition) is 1. The van der Waals surface area contributed by atoms with Crippen molar-refractivity contribution >= 4 is 45.3 Å². The first-order chi connectivity index (χ1) is 17.3. The molecule has 4 aromatic rings. The Labute approximate surface area is 216 Å². The maximum absolute atomic E-state index is 12.8. The van der Waals surface area contributed by atoms with Crippen LogP contribution in [0.5, 0.6) is 0 Å². The van der Waals surface area contributed by atoms with E-state index in [9.17, 15) is 18.5 Å². The average molecular weight is 543 g/mol. The van der Waals surface area contributed by atoms with Crippen LogP contribution in [0, 0.1) is 10.1 Å². The van der Waals surface area contributed by atoms with Crippen molar-refractivity contribution in [3.63, 3.8) is 0 Å². The van der Waals surface area contributed by atoms with E-state index in [4.69, 9.17) is 11.6 Å². The van der Waals surface area contributed by atoms with E-state index < -0.39 is 14.9 Å². The Balaban J connectivity index is 1.54. The van der Waals surface area contributed by atoms with E-state index in [-0.39, 0.29) is 22.4 Å². The molecular weight excluding hydrogens is 524 g/mol. The van der Waals surface area contributed by atoms with Crippen LogP contribution in [0.25, 0.3) is 0 Å². The minimum Gasteiger partial charge on any atom is -0.258 e. The summed E-state index contributed by atoms with van der Waals surface area (Å²) in [5.74, 6) is 0. The zero-order valence-electron chi connectivity index (χ0n) is 18.5. The van der Waals surface area contributed by atoms with Crippen molar-refractivity contribution in [3.8, 4) is 0 Å². The quantitative estimate of drug-likeness (QED) is 0.135. The van der Waals surface area contributed by atoms with Gasteiger partial charge in [-0.05, 0) is 29.8 Å². The number of halogens is 1. The predicted octanol–water partition coefficient (Wildman–Crippen LogP) is 4.53. The van der Waals surface area contributed by atoms with Gasteiger partial charge in [0.1, 0.15) is 6.33 Å². The van der Waals surface area contributed by atoms with Gasteiger partial charge in [-0.15, -0.1) is 10.2 Å². The van der Waals surface area contributed by atoms with E-state index in [0.29, 0.717) is 15.7 Å². The molecule has 13 heteroatoms. The van der Waals surface area contributed by atoms with Crippen LogP contribution in [0.4, 0.5) is 5.69 Å². The second kappa shape index (κ2) is 11.4. The third-order valence-corrected chi connectivity index (χ3v) is 7.81. The Morgan fingerprint density at radius 2 is 1.86 bits per heavy atom. The van der Waals surface area contributed by atoms with E-state index in [1.54, 1.807) is 12.1 Å². The number of hydrogen-bond acceptors (Lipinski definition) is 8. The molecule has 0 bridgehead atoms. The maximum atomic E-state index is 12.8. The number of rotatable bonds is 10. The number of thioether (sulfide) groups is 1. The van der Waals surface area contributed by atoms with E-state index in [2.05, 4.69) is 20.0 Å². The molecule has 10 nitrogen and oxygen atoms in total. The molecule has 3 aromatic carbocycles. The molecule has 0 aliphatic carbocycles. The van der Waals surface area contributed by atoms with Gasteiger partial charge in [0.15, 0.2) is 0 Å². The van der Waals surface area contributed by atoms with Gasteiger partial charge in [0.25, 0.3) is 5.69 Å².